The van der Waals surface area contributed by atoms with Crippen LogP contribution in [-0.2, 0) is 0 Å². The third-order valence-corrected chi connectivity index (χ3v) is 6.31. The molecule has 13 heteroatoms. The smallest absolute Gasteiger partial charge is 0.275 e. The molecule has 34 heavy (non-hydrogen) atoms. The maximum absolute atomic E-state index is 14.4. The van der Waals surface area contributed by atoms with Gasteiger partial charge in [0.15, 0.2) is 11.3 Å². The van der Waals surface area contributed by atoms with Crippen molar-refractivity contribution in [2.24, 2.45) is 0 Å². The molecule has 1 aliphatic heterocycles. The number of carbonyl (C=O) groups is 1. The second-order valence-corrected chi connectivity index (χ2v) is 8.58. The Bertz CT molecular complexity index is 1250. The molecule has 9 nitrogen and oxygen atoms in total. The Hall–Kier alpha value is -3.32. The number of aliphatic hydroxyl groups is 2. The van der Waals surface area contributed by atoms with E-state index in [0.717, 1.165) is 23.1 Å². The Kier molecular flexibility index (Phi) is 5.40. The normalized spacial score (nSPS) is 26.4. The van der Waals surface area contributed by atoms with Gasteiger partial charge in [-0.1, -0.05) is 0 Å². The van der Waals surface area contributed by atoms with Gasteiger partial charge in [0.2, 0.25) is 0 Å². The van der Waals surface area contributed by atoms with E-state index in [1.165, 1.54) is 6.33 Å². The summed E-state index contributed by atoms with van der Waals surface area (Å²) in [6.45, 7) is -1.01. The molecule has 1 amide bonds. The number of nitrogens with zero attached hydrogens (tertiary/aromatic N) is 4. The van der Waals surface area contributed by atoms with Crippen molar-refractivity contribution < 1.29 is 32.6 Å². The number of amides is 1. The molecule has 0 unspecified atom stereocenters. The molecular weight excluding hydrogens is 460 g/mol. The van der Waals surface area contributed by atoms with Gasteiger partial charge in [0.1, 0.15) is 23.8 Å². The minimum Gasteiger partial charge on any atom is -0.390 e. The predicted octanol–water partition coefficient (Wildman–Crippen LogP) is 2.15. The van der Waals surface area contributed by atoms with Crippen LogP contribution in [0.15, 0.2) is 24.5 Å². The third-order valence-electron chi connectivity index (χ3n) is 6.31. The molecule has 1 saturated heterocycles. The van der Waals surface area contributed by atoms with E-state index in [2.05, 4.69) is 25.5 Å². The topological polar surface area (TPSA) is 127 Å². The fourth-order valence-corrected chi connectivity index (χ4v) is 4.63. The molecule has 4 N–H and O–H groups in total. The molecule has 0 radical (unpaired) electrons. The Labute approximate surface area is 189 Å². The minimum absolute atomic E-state index is 0.0924. The summed E-state index contributed by atoms with van der Waals surface area (Å²) in [5, 5.41) is 29.5. The van der Waals surface area contributed by atoms with Crippen LogP contribution in [-0.4, -0.2) is 71.9 Å². The number of nitrogens with one attached hydrogen (secondary N) is 2. The molecule has 4 atom stereocenters. The number of carbonyl (C=O) groups excluding carboxylic acids is 1. The van der Waals surface area contributed by atoms with Crippen LogP contribution in [0.5, 0.6) is 0 Å². The van der Waals surface area contributed by atoms with E-state index in [1.807, 2.05) is 0 Å². The first-order valence-corrected chi connectivity index (χ1v) is 10.6. The first kappa shape index (κ1) is 22.5. The lowest BCUT2D eigenvalue weighted by Gasteiger charge is -2.24. The molecule has 3 aromatic rings. The van der Waals surface area contributed by atoms with E-state index in [4.69, 9.17) is 0 Å². The summed E-state index contributed by atoms with van der Waals surface area (Å²) in [7, 11) is 0. The van der Waals surface area contributed by atoms with Crippen molar-refractivity contribution in [3.63, 3.8) is 0 Å². The van der Waals surface area contributed by atoms with Crippen LogP contribution < -0.4 is 5.32 Å². The third kappa shape index (κ3) is 3.84. The van der Waals surface area contributed by atoms with Gasteiger partial charge in [-0.25, -0.2) is 27.5 Å². The number of likely N-dealkylation sites (tertiary alicyclic amines) is 1. The number of aliphatic hydroxyl groups excluding tert-OH is 2. The van der Waals surface area contributed by atoms with Crippen LogP contribution in [0.3, 0.4) is 0 Å². The van der Waals surface area contributed by atoms with Gasteiger partial charge in [0.05, 0.1) is 36.2 Å². The van der Waals surface area contributed by atoms with Crippen molar-refractivity contribution in [2.45, 2.75) is 49.5 Å². The molecule has 2 aromatic heterocycles. The zero-order valence-electron chi connectivity index (χ0n) is 17.6. The largest absolute Gasteiger partial charge is 0.390 e. The lowest BCUT2D eigenvalue weighted by Crippen LogP contribution is -2.35. The number of hydrogen-bond acceptors (Lipinski definition) is 7. The van der Waals surface area contributed by atoms with E-state index >= 15 is 0 Å². The molecule has 180 valence electrons. The molecule has 0 bridgehead atoms. The first-order valence-electron chi connectivity index (χ1n) is 10.6. The fraction of sp³-hybridized carbons (Fsp3) is 0.429. The van der Waals surface area contributed by atoms with Crippen LogP contribution in [0.4, 0.5) is 23.4 Å². The number of H-pyrrole nitrogens is 1. The molecule has 5 rings (SSSR count). The van der Waals surface area contributed by atoms with Crippen LogP contribution >= 0.6 is 0 Å². The van der Waals surface area contributed by atoms with Crippen molar-refractivity contribution in [1.82, 2.24) is 25.1 Å². The van der Waals surface area contributed by atoms with E-state index < -0.39 is 60.7 Å². The van der Waals surface area contributed by atoms with Crippen LogP contribution in [0.2, 0.25) is 0 Å². The molecule has 2 aliphatic rings. The Balaban J connectivity index is 1.53. The SMILES string of the molecule is O=C(c1n[nH]c2ncnc(N[C@@H]3CC[C@@H](O)[C@H]3O)c12)N1CC(F)(F)C[C@@H]1c1cc(F)ccc1F. The molecule has 2 fully saturated rings. The lowest BCUT2D eigenvalue weighted by atomic mass is 10.0. The average molecular weight is 480 g/mol. The van der Waals surface area contributed by atoms with Gasteiger partial charge in [-0.2, -0.15) is 5.10 Å². The highest BCUT2D eigenvalue weighted by molar-refractivity contribution is 6.08. The summed E-state index contributed by atoms with van der Waals surface area (Å²) in [6, 6.07) is 0.496. The molecule has 0 spiro atoms. The van der Waals surface area contributed by atoms with Crippen molar-refractivity contribution >= 4 is 22.8 Å². The highest BCUT2D eigenvalue weighted by Gasteiger charge is 2.49. The maximum Gasteiger partial charge on any atom is 0.275 e. The number of rotatable bonds is 4. The van der Waals surface area contributed by atoms with E-state index in [1.54, 1.807) is 0 Å². The molecule has 1 saturated carbocycles. The highest BCUT2D eigenvalue weighted by atomic mass is 19.3. The van der Waals surface area contributed by atoms with Crippen molar-refractivity contribution in [3.05, 3.63) is 47.4 Å². The number of aromatic amines is 1. The van der Waals surface area contributed by atoms with Crippen molar-refractivity contribution in [2.75, 3.05) is 11.9 Å². The number of halogens is 4. The van der Waals surface area contributed by atoms with Crippen LogP contribution in [0.25, 0.3) is 11.0 Å². The van der Waals surface area contributed by atoms with Gasteiger partial charge < -0.3 is 20.4 Å². The summed E-state index contributed by atoms with van der Waals surface area (Å²) in [4.78, 5) is 22.3. The summed E-state index contributed by atoms with van der Waals surface area (Å²) < 4.78 is 57.0. The standard InChI is InChI=1S/C21H20F4N6O3/c22-9-1-2-11(23)10(5-9)13-6-21(24,25)7-31(13)20(34)16-15-18(26-8-27-19(15)30-29-16)28-12-3-4-14(32)17(12)33/h1-2,5,8,12-14,17,32-33H,3-4,6-7H2,(H2,26,27,28,29,30)/t12-,13-,14-,17+/m1/s1. The Morgan fingerprint density at radius 1 is 1.21 bits per heavy atom. The predicted molar refractivity (Wildman–Crippen MR) is 110 cm³/mol. The molecular formula is C21H20F4N6O3. The quantitative estimate of drug-likeness (QED) is 0.422. The van der Waals surface area contributed by atoms with Crippen molar-refractivity contribution in [3.8, 4) is 0 Å². The number of aromatic nitrogens is 4. The zero-order valence-corrected chi connectivity index (χ0v) is 17.6. The van der Waals surface area contributed by atoms with Gasteiger partial charge in [-0.05, 0) is 31.0 Å². The van der Waals surface area contributed by atoms with Crippen molar-refractivity contribution in [1.29, 1.82) is 0 Å². The van der Waals surface area contributed by atoms with Gasteiger partial charge in [-0.15, -0.1) is 0 Å². The van der Waals surface area contributed by atoms with E-state index in [9.17, 15) is 32.6 Å². The first-order chi connectivity index (χ1) is 16.1. The number of anilines is 1. The van der Waals surface area contributed by atoms with Crippen LogP contribution in [0, 0.1) is 11.6 Å². The number of alkyl halides is 2. The Morgan fingerprint density at radius 3 is 2.74 bits per heavy atom. The van der Waals surface area contributed by atoms with Crippen LogP contribution in [0.1, 0.15) is 41.4 Å². The second kappa shape index (κ2) is 8.17. The monoisotopic (exact) mass is 480 g/mol. The minimum atomic E-state index is -3.33. The zero-order chi connectivity index (χ0) is 24.2. The van der Waals surface area contributed by atoms with Gasteiger partial charge >= 0.3 is 0 Å². The molecule has 3 heterocycles. The average Bonchev–Trinajstić information content (AvgIpc) is 3.46. The molecule has 1 aromatic carbocycles. The molecule has 1 aliphatic carbocycles. The number of benzene rings is 1. The second-order valence-electron chi connectivity index (χ2n) is 8.58. The van der Waals surface area contributed by atoms with Gasteiger partial charge in [0.25, 0.3) is 11.8 Å². The summed E-state index contributed by atoms with van der Waals surface area (Å²) in [5.41, 5.74) is -0.512. The summed E-state index contributed by atoms with van der Waals surface area (Å²) >= 11 is 0. The van der Waals surface area contributed by atoms with E-state index in [-0.39, 0.29) is 28.1 Å². The summed E-state index contributed by atoms with van der Waals surface area (Å²) in [6.07, 6.45) is -0.913. The number of fused-ring (bicyclic) bond motifs is 1. The highest BCUT2D eigenvalue weighted by Crippen LogP contribution is 2.43. The summed E-state index contributed by atoms with van der Waals surface area (Å²) in [5.74, 6) is -5.89. The maximum atomic E-state index is 14.4. The lowest BCUT2D eigenvalue weighted by molar-refractivity contribution is 0.0117. The Morgan fingerprint density at radius 2 is 2.00 bits per heavy atom. The van der Waals surface area contributed by atoms with Gasteiger partial charge in [-0.3, -0.25) is 9.89 Å². The van der Waals surface area contributed by atoms with E-state index in [0.29, 0.717) is 12.8 Å². The fourth-order valence-electron chi connectivity index (χ4n) is 4.63. The number of hydrogen-bond donors (Lipinski definition) is 4. The van der Waals surface area contributed by atoms with Gasteiger partial charge in [0, 0.05) is 12.0 Å².